The molecule has 0 spiro atoms. The van der Waals surface area contributed by atoms with Crippen LogP contribution in [0.15, 0.2) is 24.3 Å². The van der Waals surface area contributed by atoms with Gasteiger partial charge in [-0.1, -0.05) is 11.6 Å². The molecule has 0 saturated carbocycles. The van der Waals surface area contributed by atoms with Crippen molar-refractivity contribution >= 4 is 29.2 Å². The molecular formula is C15H20ClN3O4. The van der Waals surface area contributed by atoms with Gasteiger partial charge >= 0.3 is 6.03 Å². The van der Waals surface area contributed by atoms with Crippen LogP contribution in [0.3, 0.4) is 0 Å². The van der Waals surface area contributed by atoms with Crippen LogP contribution >= 0.6 is 11.6 Å². The Bertz CT molecular complexity index is 575. The minimum atomic E-state index is -1.11. The average Bonchev–Trinajstić information content (AvgIpc) is 2.88. The molecule has 23 heavy (non-hydrogen) atoms. The number of urea groups is 1. The molecule has 0 unspecified atom stereocenters. The Balaban J connectivity index is 1.95. The normalized spacial score (nSPS) is 18.2. The second kappa shape index (κ2) is 7.16. The fraction of sp³-hybridized carbons (Fsp3) is 0.467. The molecule has 3 amide bonds. The summed E-state index contributed by atoms with van der Waals surface area (Å²) in [5.74, 6) is -0.0929. The Morgan fingerprint density at radius 2 is 1.96 bits per heavy atom. The molecule has 1 aliphatic rings. The van der Waals surface area contributed by atoms with Crippen molar-refractivity contribution in [1.29, 1.82) is 0 Å². The Kier molecular flexibility index (Phi) is 5.46. The summed E-state index contributed by atoms with van der Waals surface area (Å²) >= 11 is 5.83. The van der Waals surface area contributed by atoms with Gasteiger partial charge in [0.25, 0.3) is 0 Å². The summed E-state index contributed by atoms with van der Waals surface area (Å²) in [4.78, 5) is 25.6. The van der Waals surface area contributed by atoms with Crippen LogP contribution in [0, 0.1) is 0 Å². The van der Waals surface area contributed by atoms with Crippen LogP contribution in [0.5, 0.6) is 0 Å². The zero-order chi connectivity index (χ0) is 17.0. The third kappa shape index (κ3) is 4.34. The van der Waals surface area contributed by atoms with Gasteiger partial charge in [0.15, 0.2) is 0 Å². The molecule has 1 fully saturated rings. The lowest BCUT2D eigenvalue weighted by Crippen LogP contribution is -2.56. The van der Waals surface area contributed by atoms with E-state index in [1.54, 1.807) is 29.2 Å². The van der Waals surface area contributed by atoms with E-state index in [-0.39, 0.29) is 18.4 Å². The third-order valence-corrected chi connectivity index (χ3v) is 3.96. The van der Waals surface area contributed by atoms with Gasteiger partial charge in [-0.15, -0.1) is 0 Å². The van der Waals surface area contributed by atoms with E-state index in [4.69, 9.17) is 11.6 Å². The van der Waals surface area contributed by atoms with Crippen LogP contribution < -0.4 is 15.5 Å². The first-order valence-electron chi connectivity index (χ1n) is 7.23. The summed E-state index contributed by atoms with van der Waals surface area (Å²) in [7, 11) is 0. The number of anilines is 1. The molecule has 1 aromatic rings. The van der Waals surface area contributed by atoms with Crippen molar-refractivity contribution in [2.45, 2.75) is 24.9 Å². The van der Waals surface area contributed by atoms with Crippen molar-refractivity contribution < 1.29 is 19.8 Å². The molecule has 2 rings (SSSR count). The highest BCUT2D eigenvalue weighted by Gasteiger charge is 2.33. The van der Waals surface area contributed by atoms with Gasteiger partial charge in [0, 0.05) is 23.7 Å². The van der Waals surface area contributed by atoms with Gasteiger partial charge in [0.2, 0.25) is 5.91 Å². The smallest absolute Gasteiger partial charge is 0.315 e. The third-order valence-electron chi connectivity index (χ3n) is 3.71. The number of hydrogen-bond donors (Lipinski definition) is 4. The number of hydrogen-bond acceptors (Lipinski definition) is 4. The Hall–Kier alpha value is -1.83. The topological polar surface area (TPSA) is 102 Å². The number of aliphatic hydroxyl groups is 2. The molecule has 1 saturated heterocycles. The molecule has 1 heterocycles. The van der Waals surface area contributed by atoms with E-state index in [0.29, 0.717) is 11.6 Å². The first-order valence-corrected chi connectivity index (χ1v) is 7.61. The van der Waals surface area contributed by atoms with Crippen molar-refractivity contribution in [1.82, 2.24) is 10.6 Å². The van der Waals surface area contributed by atoms with E-state index < -0.39 is 24.8 Å². The second-order valence-corrected chi connectivity index (χ2v) is 6.29. The van der Waals surface area contributed by atoms with Crippen molar-refractivity contribution in [2.75, 3.05) is 24.7 Å². The highest BCUT2D eigenvalue weighted by atomic mass is 35.5. The Morgan fingerprint density at radius 3 is 2.52 bits per heavy atom. The molecule has 0 aliphatic carbocycles. The summed E-state index contributed by atoms with van der Waals surface area (Å²) < 4.78 is 0. The van der Waals surface area contributed by atoms with Crippen LogP contribution in [0.4, 0.5) is 10.5 Å². The van der Waals surface area contributed by atoms with E-state index in [0.717, 1.165) is 5.69 Å². The van der Waals surface area contributed by atoms with Crippen LogP contribution in [-0.4, -0.2) is 53.5 Å². The maximum absolute atomic E-state index is 12.1. The molecule has 1 aliphatic heterocycles. The quantitative estimate of drug-likeness (QED) is 0.626. The molecule has 1 atom stereocenters. The number of amides is 3. The Morgan fingerprint density at radius 1 is 1.35 bits per heavy atom. The second-order valence-electron chi connectivity index (χ2n) is 5.86. The van der Waals surface area contributed by atoms with E-state index >= 15 is 0 Å². The number of rotatable bonds is 5. The molecule has 0 bridgehead atoms. The molecule has 0 radical (unpaired) electrons. The lowest BCUT2D eigenvalue weighted by atomic mass is 10.1. The van der Waals surface area contributed by atoms with Crippen LogP contribution in [0.25, 0.3) is 0 Å². The number of benzene rings is 1. The number of nitrogens with zero attached hydrogens (tertiary/aromatic N) is 1. The van der Waals surface area contributed by atoms with Crippen molar-refractivity contribution in [2.24, 2.45) is 0 Å². The molecule has 1 aromatic carbocycles. The molecule has 0 aromatic heterocycles. The summed E-state index contributed by atoms with van der Waals surface area (Å²) in [6, 6.07) is 6.01. The fourth-order valence-electron chi connectivity index (χ4n) is 2.30. The van der Waals surface area contributed by atoms with E-state index in [1.165, 1.54) is 6.92 Å². The van der Waals surface area contributed by atoms with Crippen molar-refractivity contribution in [3.63, 3.8) is 0 Å². The first-order chi connectivity index (χ1) is 10.9. The van der Waals surface area contributed by atoms with Crippen LogP contribution in [-0.2, 0) is 4.79 Å². The molecular weight excluding hydrogens is 322 g/mol. The zero-order valence-corrected chi connectivity index (χ0v) is 13.5. The van der Waals surface area contributed by atoms with Crippen LogP contribution in [0.1, 0.15) is 13.3 Å². The van der Waals surface area contributed by atoms with Gasteiger partial charge in [-0.25, -0.2) is 4.79 Å². The molecule has 4 N–H and O–H groups in total. The molecule has 126 valence electrons. The maximum Gasteiger partial charge on any atom is 0.315 e. The SMILES string of the molecule is CC(CO)(CO)NC(=O)N[C@H]1CC(=O)N(c2ccc(Cl)cc2)C1. The van der Waals surface area contributed by atoms with Crippen LogP contribution in [0.2, 0.25) is 5.02 Å². The highest BCUT2D eigenvalue weighted by Crippen LogP contribution is 2.23. The van der Waals surface area contributed by atoms with Crippen molar-refractivity contribution in [3.05, 3.63) is 29.3 Å². The maximum atomic E-state index is 12.1. The number of carbonyl (C=O) groups excluding carboxylic acids is 2. The van der Waals surface area contributed by atoms with Gasteiger partial charge in [-0.05, 0) is 31.2 Å². The van der Waals surface area contributed by atoms with E-state index in [1.807, 2.05) is 0 Å². The van der Waals surface area contributed by atoms with Crippen molar-refractivity contribution in [3.8, 4) is 0 Å². The summed E-state index contributed by atoms with van der Waals surface area (Å²) in [5.41, 5.74) is -0.387. The van der Waals surface area contributed by atoms with Gasteiger partial charge in [0.1, 0.15) is 0 Å². The average molecular weight is 342 g/mol. The first kappa shape index (κ1) is 17.5. The van der Waals surface area contributed by atoms with Gasteiger partial charge in [0.05, 0.1) is 24.8 Å². The largest absolute Gasteiger partial charge is 0.394 e. The summed E-state index contributed by atoms with van der Waals surface area (Å²) in [5, 5.41) is 24.1. The summed E-state index contributed by atoms with van der Waals surface area (Å²) in [6.07, 6.45) is 0.186. The fourth-order valence-corrected chi connectivity index (χ4v) is 2.43. The van der Waals surface area contributed by atoms with E-state index in [2.05, 4.69) is 10.6 Å². The summed E-state index contributed by atoms with van der Waals surface area (Å²) in [6.45, 7) is 1.09. The predicted molar refractivity (Wildman–Crippen MR) is 86.5 cm³/mol. The Labute approximate surface area is 139 Å². The standard InChI is InChI=1S/C15H20ClN3O4/c1-15(8-20,9-21)18-14(23)17-11-6-13(22)19(7-11)12-4-2-10(16)3-5-12/h2-5,11,20-21H,6-9H2,1H3,(H2,17,18,23)/t11-/m0/s1. The zero-order valence-electron chi connectivity index (χ0n) is 12.8. The van der Waals surface area contributed by atoms with Gasteiger partial charge in [-0.2, -0.15) is 0 Å². The molecule has 7 nitrogen and oxygen atoms in total. The van der Waals surface area contributed by atoms with Gasteiger partial charge in [-0.3, -0.25) is 4.79 Å². The van der Waals surface area contributed by atoms with E-state index in [9.17, 15) is 19.8 Å². The van der Waals surface area contributed by atoms with Gasteiger partial charge < -0.3 is 25.7 Å². The lowest BCUT2D eigenvalue weighted by molar-refractivity contribution is -0.117. The minimum absolute atomic E-state index is 0.0929. The number of halogens is 1. The monoisotopic (exact) mass is 341 g/mol. The lowest BCUT2D eigenvalue weighted by Gasteiger charge is -2.27. The number of aliphatic hydroxyl groups excluding tert-OH is 2. The molecule has 8 heteroatoms. The minimum Gasteiger partial charge on any atom is -0.394 e. The highest BCUT2D eigenvalue weighted by molar-refractivity contribution is 6.30. The number of carbonyl (C=O) groups is 2. The predicted octanol–water partition coefficient (Wildman–Crippen LogP) is 0.488. The number of nitrogens with one attached hydrogen (secondary N) is 2.